The van der Waals surface area contributed by atoms with E-state index in [1.165, 1.54) is 5.56 Å². The van der Waals surface area contributed by atoms with E-state index in [1.54, 1.807) is 6.08 Å². The predicted octanol–water partition coefficient (Wildman–Crippen LogP) is 2.45. The van der Waals surface area contributed by atoms with Crippen LogP contribution in [0.3, 0.4) is 0 Å². The van der Waals surface area contributed by atoms with Gasteiger partial charge in [0.05, 0.1) is 0 Å². The summed E-state index contributed by atoms with van der Waals surface area (Å²) in [6, 6.07) is 8.16. The van der Waals surface area contributed by atoms with Crippen molar-refractivity contribution in [2.24, 2.45) is 0 Å². The lowest BCUT2D eigenvalue weighted by atomic mass is 10.1. The number of nitrogens with zero attached hydrogens (tertiary/aromatic N) is 1. The van der Waals surface area contributed by atoms with E-state index >= 15 is 0 Å². The average molecular weight is 244 g/mol. The number of rotatable bonds is 4. The zero-order valence-electron chi connectivity index (χ0n) is 11.0. The van der Waals surface area contributed by atoms with Crippen molar-refractivity contribution in [1.29, 1.82) is 0 Å². The highest BCUT2D eigenvalue weighted by Crippen LogP contribution is 2.26. The maximum absolute atomic E-state index is 12.5. The SMILES string of the molecule is C=CCN(C(=O)[C@@H]1Cc2ccccc2N1)C(C)C. The maximum Gasteiger partial charge on any atom is 0.245 e. The van der Waals surface area contributed by atoms with Gasteiger partial charge in [0, 0.05) is 24.7 Å². The van der Waals surface area contributed by atoms with Gasteiger partial charge < -0.3 is 10.2 Å². The van der Waals surface area contributed by atoms with Gasteiger partial charge in [-0.25, -0.2) is 0 Å². The van der Waals surface area contributed by atoms with Crippen LogP contribution in [0.4, 0.5) is 5.69 Å². The lowest BCUT2D eigenvalue weighted by molar-refractivity contribution is -0.132. The fourth-order valence-electron chi connectivity index (χ4n) is 2.34. The third-order valence-corrected chi connectivity index (χ3v) is 3.30. The number of fused-ring (bicyclic) bond motifs is 1. The molecule has 1 aromatic carbocycles. The molecule has 1 atom stereocenters. The van der Waals surface area contributed by atoms with E-state index < -0.39 is 0 Å². The van der Waals surface area contributed by atoms with Crippen molar-refractivity contribution in [2.45, 2.75) is 32.4 Å². The Kier molecular flexibility index (Phi) is 3.70. The molecule has 3 heteroatoms. The molecule has 18 heavy (non-hydrogen) atoms. The van der Waals surface area contributed by atoms with Crippen molar-refractivity contribution < 1.29 is 4.79 Å². The van der Waals surface area contributed by atoms with Crippen LogP contribution in [0, 0.1) is 0 Å². The summed E-state index contributed by atoms with van der Waals surface area (Å²) in [5.41, 5.74) is 2.30. The van der Waals surface area contributed by atoms with Crippen LogP contribution in [-0.4, -0.2) is 29.4 Å². The predicted molar refractivity (Wildman–Crippen MR) is 74.6 cm³/mol. The molecule has 0 bridgehead atoms. The van der Waals surface area contributed by atoms with Crippen LogP contribution < -0.4 is 5.32 Å². The number of benzene rings is 1. The number of anilines is 1. The first-order valence-electron chi connectivity index (χ1n) is 6.39. The van der Waals surface area contributed by atoms with Gasteiger partial charge in [-0.2, -0.15) is 0 Å². The second-order valence-electron chi connectivity index (χ2n) is 4.93. The van der Waals surface area contributed by atoms with Crippen molar-refractivity contribution >= 4 is 11.6 Å². The molecule has 1 heterocycles. The molecular weight excluding hydrogens is 224 g/mol. The molecule has 0 radical (unpaired) electrons. The summed E-state index contributed by atoms with van der Waals surface area (Å²) in [5, 5.41) is 3.30. The quantitative estimate of drug-likeness (QED) is 0.825. The maximum atomic E-state index is 12.5. The standard InChI is InChI=1S/C15H20N2O/c1-4-9-17(11(2)3)15(18)14-10-12-7-5-6-8-13(12)16-14/h4-8,11,14,16H,1,9-10H2,2-3H3/t14-/m0/s1. The van der Waals surface area contributed by atoms with Crippen LogP contribution in [0.25, 0.3) is 0 Å². The number of para-hydroxylation sites is 1. The molecule has 0 unspecified atom stereocenters. The number of carbonyl (C=O) groups excluding carboxylic acids is 1. The Bertz CT molecular complexity index is 429. The van der Waals surface area contributed by atoms with E-state index in [4.69, 9.17) is 0 Å². The fourth-order valence-corrected chi connectivity index (χ4v) is 2.34. The third-order valence-electron chi connectivity index (χ3n) is 3.30. The van der Waals surface area contributed by atoms with E-state index in [2.05, 4.69) is 18.0 Å². The van der Waals surface area contributed by atoms with Gasteiger partial charge >= 0.3 is 0 Å². The van der Waals surface area contributed by atoms with Crippen LogP contribution in [0.5, 0.6) is 0 Å². The second kappa shape index (κ2) is 5.25. The van der Waals surface area contributed by atoms with E-state index in [0.29, 0.717) is 6.54 Å². The van der Waals surface area contributed by atoms with Crippen LogP contribution in [0.1, 0.15) is 19.4 Å². The van der Waals surface area contributed by atoms with Crippen LogP contribution in [0.15, 0.2) is 36.9 Å². The van der Waals surface area contributed by atoms with Gasteiger partial charge in [0.1, 0.15) is 6.04 Å². The molecular formula is C15H20N2O. The zero-order chi connectivity index (χ0) is 13.1. The summed E-state index contributed by atoms with van der Waals surface area (Å²) in [4.78, 5) is 14.3. The summed E-state index contributed by atoms with van der Waals surface area (Å²) in [6.07, 6.45) is 2.55. The second-order valence-corrected chi connectivity index (χ2v) is 4.93. The number of carbonyl (C=O) groups is 1. The zero-order valence-corrected chi connectivity index (χ0v) is 11.0. The molecule has 0 saturated carbocycles. The van der Waals surface area contributed by atoms with Gasteiger partial charge in [0.25, 0.3) is 0 Å². The Hall–Kier alpha value is -1.77. The molecule has 2 rings (SSSR count). The van der Waals surface area contributed by atoms with E-state index in [9.17, 15) is 4.79 Å². The van der Waals surface area contributed by atoms with Gasteiger partial charge in [0.15, 0.2) is 0 Å². The minimum absolute atomic E-state index is 0.134. The van der Waals surface area contributed by atoms with Gasteiger partial charge in [-0.15, -0.1) is 6.58 Å². The minimum Gasteiger partial charge on any atom is -0.373 e. The highest BCUT2D eigenvalue weighted by molar-refractivity contribution is 5.87. The Morgan fingerprint density at radius 1 is 1.56 bits per heavy atom. The summed E-state index contributed by atoms with van der Waals surface area (Å²) < 4.78 is 0. The van der Waals surface area contributed by atoms with Crippen molar-refractivity contribution in [1.82, 2.24) is 4.90 Å². The minimum atomic E-state index is -0.134. The summed E-state index contributed by atoms with van der Waals surface area (Å²) in [5.74, 6) is 0.154. The normalized spacial score (nSPS) is 17.2. The third kappa shape index (κ3) is 2.40. The number of hydrogen-bond acceptors (Lipinski definition) is 2. The molecule has 0 saturated heterocycles. The Balaban J connectivity index is 2.10. The average Bonchev–Trinajstić information content (AvgIpc) is 2.78. The van der Waals surface area contributed by atoms with Gasteiger partial charge in [-0.05, 0) is 25.5 Å². The van der Waals surface area contributed by atoms with E-state index in [1.807, 2.05) is 36.9 Å². The molecule has 1 aliphatic rings. The van der Waals surface area contributed by atoms with Crippen molar-refractivity contribution in [3.05, 3.63) is 42.5 Å². The van der Waals surface area contributed by atoms with Gasteiger partial charge in [-0.1, -0.05) is 24.3 Å². The lowest BCUT2D eigenvalue weighted by Crippen LogP contribution is -2.45. The summed E-state index contributed by atoms with van der Waals surface area (Å²) >= 11 is 0. The molecule has 1 N–H and O–H groups in total. The first kappa shape index (κ1) is 12.7. The monoisotopic (exact) mass is 244 g/mol. The molecule has 0 spiro atoms. The van der Waals surface area contributed by atoms with E-state index in [-0.39, 0.29) is 18.0 Å². The molecule has 1 amide bonds. The Morgan fingerprint density at radius 3 is 2.89 bits per heavy atom. The highest BCUT2D eigenvalue weighted by atomic mass is 16.2. The van der Waals surface area contributed by atoms with Crippen molar-refractivity contribution in [2.75, 3.05) is 11.9 Å². The molecule has 96 valence electrons. The smallest absolute Gasteiger partial charge is 0.245 e. The van der Waals surface area contributed by atoms with Crippen LogP contribution >= 0.6 is 0 Å². The molecule has 3 nitrogen and oxygen atoms in total. The van der Waals surface area contributed by atoms with Gasteiger partial charge in [0.2, 0.25) is 5.91 Å². The number of amides is 1. The Morgan fingerprint density at radius 2 is 2.28 bits per heavy atom. The molecule has 0 aromatic heterocycles. The van der Waals surface area contributed by atoms with Crippen LogP contribution in [0.2, 0.25) is 0 Å². The first-order valence-corrected chi connectivity index (χ1v) is 6.39. The van der Waals surface area contributed by atoms with Crippen molar-refractivity contribution in [3.8, 4) is 0 Å². The molecule has 1 aliphatic heterocycles. The highest BCUT2D eigenvalue weighted by Gasteiger charge is 2.30. The lowest BCUT2D eigenvalue weighted by Gasteiger charge is -2.28. The summed E-state index contributed by atoms with van der Waals surface area (Å²) in [6.45, 7) is 8.38. The molecule has 1 aromatic rings. The Labute approximate surface area is 108 Å². The van der Waals surface area contributed by atoms with Crippen molar-refractivity contribution in [3.63, 3.8) is 0 Å². The summed E-state index contributed by atoms with van der Waals surface area (Å²) in [7, 11) is 0. The number of hydrogen-bond donors (Lipinski definition) is 1. The van der Waals surface area contributed by atoms with E-state index in [0.717, 1.165) is 12.1 Å². The number of nitrogens with one attached hydrogen (secondary N) is 1. The largest absolute Gasteiger partial charge is 0.373 e. The molecule has 0 fully saturated rings. The topological polar surface area (TPSA) is 32.3 Å². The van der Waals surface area contributed by atoms with Crippen LogP contribution in [-0.2, 0) is 11.2 Å². The van der Waals surface area contributed by atoms with Gasteiger partial charge in [-0.3, -0.25) is 4.79 Å². The molecule has 0 aliphatic carbocycles. The fraction of sp³-hybridized carbons (Fsp3) is 0.400. The first-order chi connectivity index (χ1) is 8.63.